The summed E-state index contributed by atoms with van der Waals surface area (Å²) in [6.45, 7) is 0. The highest BCUT2D eigenvalue weighted by Gasteiger charge is 2.17. The first-order valence-corrected chi connectivity index (χ1v) is 17.2. The first-order chi connectivity index (χ1) is 26.4. The van der Waals surface area contributed by atoms with Crippen LogP contribution in [0.4, 0.5) is 0 Å². The minimum absolute atomic E-state index is 0. The van der Waals surface area contributed by atoms with Crippen LogP contribution in [-0.4, -0.2) is 162 Å². The molecule has 7 amide bonds. The Morgan fingerprint density at radius 3 is 0.983 bits per heavy atom. The number of hydrogen-bond donors (Lipinski definition) is 10. The van der Waals surface area contributed by atoms with Gasteiger partial charge in [-0.15, -0.1) is 23.5 Å². The molecular formula is C32H46N6O18S2. The van der Waals surface area contributed by atoms with Crippen molar-refractivity contribution in [3.05, 3.63) is 70.6 Å². The van der Waals surface area contributed by atoms with Gasteiger partial charge < -0.3 is 57.6 Å². The Balaban J connectivity index is -0.000000140. The maximum absolute atomic E-state index is 10.8. The van der Waals surface area contributed by atoms with E-state index < -0.39 is 53.5 Å². The van der Waals surface area contributed by atoms with Crippen LogP contribution in [0.15, 0.2) is 70.6 Å². The zero-order chi connectivity index (χ0) is 45.7. The third kappa shape index (κ3) is 43.3. The third-order valence-electron chi connectivity index (χ3n) is 4.77. The molecule has 58 heavy (non-hydrogen) atoms. The van der Waals surface area contributed by atoms with Crippen LogP contribution >= 0.6 is 23.5 Å². The van der Waals surface area contributed by atoms with Crippen LogP contribution in [0, 0.1) is 0 Å². The van der Waals surface area contributed by atoms with Crippen molar-refractivity contribution in [1.29, 1.82) is 0 Å². The van der Waals surface area contributed by atoms with E-state index in [1.165, 1.54) is 54.4 Å². The van der Waals surface area contributed by atoms with Gasteiger partial charge >= 0.3 is 29.8 Å². The Morgan fingerprint density at radius 2 is 0.810 bits per heavy atom. The van der Waals surface area contributed by atoms with Crippen molar-refractivity contribution in [2.45, 2.75) is 0 Å². The van der Waals surface area contributed by atoms with Gasteiger partial charge in [0.25, 0.3) is 17.7 Å². The van der Waals surface area contributed by atoms with Crippen LogP contribution in [0.25, 0.3) is 0 Å². The first kappa shape index (κ1) is 62.9. The van der Waals surface area contributed by atoms with E-state index in [0.717, 1.165) is 77.0 Å². The minimum Gasteiger partial charge on any atom is -0.478 e. The fourth-order valence-corrected chi connectivity index (χ4v) is 2.92. The predicted octanol–water partition coefficient (Wildman–Crippen LogP) is -3.04. The van der Waals surface area contributed by atoms with Crippen LogP contribution in [0.3, 0.4) is 0 Å². The number of likely N-dealkylation sites (N-methyl/N-ethyl adjacent to an activating group) is 6. The van der Waals surface area contributed by atoms with Crippen LogP contribution in [0.2, 0.25) is 0 Å². The number of aliphatic carboxylic acids is 5. The van der Waals surface area contributed by atoms with Crippen molar-refractivity contribution >= 4 is 94.7 Å². The molecular weight excluding hydrogens is 821 g/mol. The summed E-state index contributed by atoms with van der Waals surface area (Å²) in [6.07, 6.45) is 12.8. The van der Waals surface area contributed by atoms with Gasteiger partial charge in [-0.05, 0) is 12.5 Å². The van der Waals surface area contributed by atoms with Crippen molar-refractivity contribution in [1.82, 2.24) is 31.5 Å². The molecule has 0 aliphatic carbocycles. The Morgan fingerprint density at radius 1 is 0.500 bits per heavy atom. The molecule has 12 N–H and O–H groups in total. The van der Waals surface area contributed by atoms with Gasteiger partial charge in [0.1, 0.15) is 0 Å². The minimum atomic E-state index is -1.13. The maximum Gasteiger partial charge on any atom is 0.342 e. The number of carbonyl (C=O) groups is 12. The third-order valence-corrected chi connectivity index (χ3v) is 6.24. The lowest BCUT2D eigenvalue weighted by molar-refractivity contribution is -0.136. The Hall–Kier alpha value is -7.06. The largest absolute Gasteiger partial charge is 0.478 e. The quantitative estimate of drug-likeness (QED) is 0.0688. The van der Waals surface area contributed by atoms with Crippen LogP contribution in [-0.2, 0) is 57.5 Å². The van der Waals surface area contributed by atoms with Crippen molar-refractivity contribution < 1.29 is 88.5 Å². The van der Waals surface area contributed by atoms with E-state index in [0.29, 0.717) is 0 Å². The molecule has 24 nitrogen and oxygen atoms in total. The predicted molar refractivity (Wildman–Crippen MR) is 210 cm³/mol. The molecule has 0 aromatic rings. The summed E-state index contributed by atoms with van der Waals surface area (Å²) in [5.41, 5.74) is 0. The average molecular weight is 867 g/mol. The Bertz CT molecular complexity index is 1530. The summed E-state index contributed by atoms with van der Waals surface area (Å²) in [5.74, 6) is -8.09. The van der Waals surface area contributed by atoms with E-state index in [1.54, 1.807) is 12.5 Å². The molecule has 0 fully saturated rings. The average Bonchev–Trinajstić information content (AvgIpc) is 3.46. The summed E-state index contributed by atoms with van der Waals surface area (Å²) < 4.78 is 0. The number of carboxylic acid groups (broad SMARTS) is 5. The fraction of sp³-hybridized carbons (Fsp3) is 0.250. The molecule has 0 aromatic carbocycles. The molecule has 0 spiro atoms. The number of amides is 7. The molecule has 1 aliphatic rings. The summed E-state index contributed by atoms with van der Waals surface area (Å²) in [6, 6.07) is 0. The fourth-order valence-electron chi connectivity index (χ4n) is 2.02. The number of carboxylic acids is 5. The van der Waals surface area contributed by atoms with Crippen molar-refractivity contribution in [3.63, 3.8) is 0 Å². The van der Waals surface area contributed by atoms with Gasteiger partial charge in [0.05, 0.1) is 9.81 Å². The molecule has 0 saturated heterocycles. The Kier molecular flexibility index (Phi) is 43.0. The van der Waals surface area contributed by atoms with E-state index >= 15 is 0 Å². The van der Waals surface area contributed by atoms with Crippen LogP contribution < -0.4 is 26.6 Å². The summed E-state index contributed by atoms with van der Waals surface area (Å²) >= 11 is 2.12. The van der Waals surface area contributed by atoms with Gasteiger partial charge in [0, 0.05) is 103 Å². The van der Waals surface area contributed by atoms with Gasteiger partial charge in [-0.1, -0.05) is 0 Å². The summed E-state index contributed by atoms with van der Waals surface area (Å²) in [7, 11) is 8.62. The normalized spacial score (nSPS) is 11.1. The van der Waals surface area contributed by atoms with E-state index in [4.69, 9.17) is 25.5 Å². The molecule has 1 aliphatic heterocycles. The van der Waals surface area contributed by atoms with E-state index in [2.05, 4.69) is 26.6 Å². The topological polar surface area (TPSA) is 401 Å². The second kappa shape index (κ2) is 39.6. The zero-order valence-electron chi connectivity index (χ0n) is 32.2. The maximum atomic E-state index is 10.8. The first-order valence-electron chi connectivity index (χ1n) is 14.7. The SMILES string of the molecule is CN1C(=O)C=CC1=O.CNC(=O)/C(=C\C(=O)O)SC.CNC(=O)/C=C(/SC)C(=O)O.CNC(=O)/C=C\C(=O)O.CNC(=O)/C=C\C(=O)O.CNC(=O)/C=C\C(=O)O.O. The molecule has 324 valence electrons. The number of carbonyl (C=O) groups excluding carboxylic acids is 7. The van der Waals surface area contributed by atoms with E-state index in [9.17, 15) is 57.5 Å². The lowest BCUT2D eigenvalue weighted by Crippen LogP contribution is -2.24. The summed E-state index contributed by atoms with van der Waals surface area (Å²) in [4.78, 5) is 124. The molecule has 0 radical (unpaired) electrons. The van der Waals surface area contributed by atoms with Crippen LogP contribution in [0.1, 0.15) is 0 Å². The van der Waals surface area contributed by atoms with Gasteiger partial charge in [-0.3, -0.25) is 38.5 Å². The molecule has 1 heterocycles. The number of thioether (sulfide) groups is 2. The number of rotatable bonds is 12. The van der Waals surface area contributed by atoms with Crippen molar-refractivity contribution in [2.75, 3.05) is 54.8 Å². The number of imide groups is 1. The van der Waals surface area contributed by atoms with Gasteiger partial charge in [-0.25, -0.2) is 24.0 Å². The molecule has 0 unspecified atom stereocenters. The smallest absolute Gasteiger partial charge is 0.342 e. The second-order valence-corrected chi connectivity index (χ2v) is 10.4. The molecule has 0 saturated carbocycles. The van der Waals surface area contributed by atoms with E-state index in [-0.39, 0.29) is 33.0 Å². The van der Waals surface area contributed by atoms with Gasteiger partial charge in [-0.2, -0.15) is 0 Å². The number of nitrogens with one attached hydrogen (secondary N) is 5. The van der Waals surface area contributed by atoms with Crippen molar-refractivity contribution in [2.24, 2.45) is 0 Å². The van der Waals surface area contributed by atoms with Gasteiger partial charge in [0.15, 0.2) is 0 Å². The lowest BCUT2D eigenvalue weighted by Gasteiger charge is -2.01. The van der Waals surface area contributed by atoms with Crippen LogP contribution in [0.5, 0.6) is 0 Å². The van der Waals surface area contributed by atoms with Gasteiger partial charge in [0.2, 0.25) is 23.6 Å². The number of nitrogens with zero attached hydrogens (tertiary/aromatic N) is 1. The molecule has 0 bridgehead atoms. The number of hydrogen-bond acceptors (Lipinski definition) is 14. The van der Waals surface area contributed by atoms with Crippen molar-refractivity contribution in [3.8, 4) is 0 Å². The Labute approximate surface area is 339 Å². The second-order valence-electron chi connectivity index (χ2n) is 8.69. The zero-order valence-corrected chi connectivity index (χ0v) is 33.8. The summed E-state index contributed by atoms with van der Waals surface area (Å²) in [5, 5.41) is 52.0. The molecule has 0 aromatic heterocycles. The monoisotopic (exact) mass is 866 g/mol. The van der Waals surface area contributed by atoms with E-state index in [1.807, 2.05) is 0 Å². The molecule has 1 rings (SSSR count). The standard InChI is InChI=1S/2C6H9NO3S.3C5H7NO3.C5H5NO2.H2O/c1-7-6(10)4(11-2)3-5(8)9;1-7-5(8)3-4(11-2)6(9)10;3*1-6-4(7)2-3-5(8)9;1-6-4(7)2-3-5(6)8;/h3H,1-2H3,(H,7,10)(H,8,9);3H,1-2H3,(H,7,8)(H,9,10);3*2-3H,1H3,(H,6,7)(H,8,9);2-3H,1H3;1H2/b2*4-3+;3*3-2-;;. The lowest BCUT2D eigenvalue weighted by atomic mass is 10.4. The molecule has 0 atom stereocenters. The highest BCUT2D eigenvalue weighted by atomic mass is 32.2. The highest BCUT2D eigenvalue weighted by molar-refractivity contribution is 8.03. The highest BCUT2D eigenvalue weighted by Crippen LogP contribution is 2.11. The molecule has 26 heteroatoms.